The number of nitrogens with zero attached hydrogens (tertiary/aromatic N) is 2. The van der Waals surface area contributed by atoms with E-state index in [9.17, 15) is 0 Å². The van der Waals surface area contributed by atoms with E-state index < -0.39 is 0 Å². The van der Waals surface area contributed by atoms with Crippen molar-refractivity contribution in [1.82, 2.24) is 9.97 Å². The third kappa shape index (κ3) is 1.81. The maximum Gasteiger partial charge on any atom is 0.137 e. The topological polar surface area (TPSA) is 73.1 Å². The van der Waals surface area contributed by atoms with Crippen LogP contribution in [0.25, 0.3) is 10.9 Å². The number of aromatic nitrogens is 2. The first-order chi connectivity index (χ1) is 9.29. The molecule has 0 amide bonds. The summed E-state index contributed by atoms with van der Waals surface area (Å²) in [6.45, 7) is 0. The van der Waals surface area contributed by atoms with Gasteiger partial charge in [0.15, 0.2) is 0 Å². The Balaban J connectivity index is 1.69. The molecular weight excluding hydrogens is 240 g/mol. The van der Waals surface area contributed by atoms with Crippen LogP contribution in [0.5, 0.6) is 0 Å². The first-order valence-electron chi connectivity index (χ1n) is 6.72. The Hall–Kier alpha value is -1.88. The molecule has 98 valence electrons. The predicted molar refractivity (Wildman–Crippen MR) is 73.9 cm³/mol. The fourth-order valence-electron chi connectivity index (χ4n) is 3.15. The van der Waals surface area contributed by atoms with Gasteiger partial charge in [-0.25, -0.2) is 9.97 Å². The van der Waals surface area contributed by atoms with Gasteiger partial charge in [-0.1, -0.05) is 0 Å². The van der Waals surface area contributed by atoms with Gasteiger partial charge in [-0.3, -0.25) is 0 Å². The van der Waals surface area contributed by atoms with E-state index in [-0.39, 0.29) is 0 Å². The van der Waals surface area contributed by atoms with Crippen molar-refractivity contribution >= 4 is 22.4 Å². The Labute approximate surface area is 111 Å². The Kier molecular flexibility index (Phi) is 2.35. The van der Waals surface area contributed by atoms with Crippen LogP contribution in [0.15, 0.2) is 24.5 Å². The van der Waals surface area contributed by atoms with Crippen LogP contribution >= 0.6 is 0 Å². The van der Waals surface area contributed by atoms with Crippen molar-refractivity contribution in [3.63, 3.8) is 0 Å². The molecule has 1 aromatic carbocycles. The third-order valence-electron chi connectivity index (χ3n) is 4.09. The molecule has 2 bridgehead atoms. The van der Waals surface area contributed by atoms with E-state index >= 15 is 0 Å². The molecule has 2 aliphatic rings. The number of ether oxygens (including phenoxy) is 1. The van der Waals surface area contributed by atoms with Crippen molar-refractivity contribution in [1.29, 1.82) is 0 Å². The summed E-state index contributed by atoms with van der Waals surface area (Å²) >= 11 is 0. The van der Waals surface area contributed by atoms with Gasteiger partial charge in [0, 0.05) is 11.1 Å². The van der Waals surface area contributed by atoms with Gasteiger partial charge in [-0.15, -0.1) is 0 Å². The van der Waals surface area contributed by atoms with Gasteiger partial charge in [-0.05, 0) is 37.5 Å². The molecule has 2 fully saturated rings. The van der Waals surface area contributed by atoms with Crippen LogP contribution in [0.4, 0.5) is 11.5 Å². The molecule has 3 atom stereocenters. The molecule has 19 heavy (non-hydrogen) atoms. The van der Waals surface area contributed by atoms with Gasteiger partial charge in [0.05, 0.1) is 23.8 Å². The monoisotopic (exact) mass is 256 g/mol. The molecule has 0 radical (unpaired) electrons. The second kappa shape index (κ2) is 4.06. The van der Waals surface area contributed by atoms with Gasteiger partial charge in [0.1, 0.15) is 12.1 Å². The van der Waals surface area contributed by atoms with Crippen LogP contribution in [0, 0.1) is 0 Å². The molecule has 0 aliphatic carbocycles. The van der Waals surface area contributed by atoms with Crippen molar-refractivity contribution in [2.24, 2.45) is 0 Å². The molecule has 2 aromatic rings. The zero-order valence-corrected chi connectivity index (χ0v) is 10.5. The SMILES string of the molecule is Nc1ccc2ncnc(NC3CC4CCC3O4)c2c1. The van der Waals surface area contributed by atoms with Crippen molar-refractivity contribution in [2.75, 3.05) is 11.1 Å². The molecule has 1 aromatic heterocycles. The van der Waals surface area contributed by atoms with E-state index in [4.69, 9.17) is 10.5 Å². The standard InChI is InChI=1S/C14H16N4O/c15-8-1-3-11-10(5-8)14(17-7-16-11)18-12-6-9-2-4-13(12)19-9/h1,3,5,7,9,12-13H,2,4,6,15H2,(H,16,17,18). The fourth-order valence-corrected chi connectivity index (χ4v) is 3.15. The van der Waals surface area contributed by atoms with Gasteiger partial charge in [0.25, 0.3) is 0 Å². The van der Waals surface area contributed by atoms with Crippen LogP contribution in [0.3, 0.4) is 0 Å². The number of nitrogens with one attached hydrogen (secondary N) is 1. The molecule has 4 rings (SSSR count). The lowest BCUT2D eigenvalue weighted by Gasteiger charge is -2.21. The largest absolute Gasteiger partial charge is 0.399 e. The molecular formula is C14H16N4O. The number of hydrogen-bond acceptors (Lipinski definition) is 5. The highest BCUT2D eigenvalue weighted by atomic mass is 16.5. The molecule has 2 aliphatic heterocycles. The van der Waals surface area contributed by atoms with Gasteiger partial charge < -0.3 is 15.8 Å². The molecule has 5 nitrogen and oxygen atoms in total. The predicted octanol–water partition coefficient (Wildman–Crippen LogP) is 1.94. The van der Waals surface area contributed by atoms with Crippen molar-refractivity contribution in [3.05, 3.63) is 24.5 Å². The normalized spacial score (nSPS) is 28.9. The summed E-state index contributed by atoms with van der Waals surface area (Å²) in [5.74, 6) is 0.860. The van der Waals surface area contributed by atoms with Crippen LogP contribution in [-0.2, 0) is 4.74 Å². The maximum absolute atomic E-state index is 5.86. The van der Waals surface area contributed by atoms with E-state index in [2.05, 4.69) is 15.3 Å². The summed E-state index contributed by atoms with van der Waals surface area (Å²) in [5.41, 5.74) is 7.50. The first-order valence-corrected chi connectivity index (χ1v) is 6.72. The second-order valence-corrected chi connectivity index (χ2v) is 5.36. The number of hydrogen-bond donors (Lipinski definition) is 2. The number of fused-ring (bicyclic) bond motifs is 3. The summed E-state index contributed by atoms with van der Waals surface area (Å²) in [6, 6.07) is 6.07. The average molecular weight is 256 g/mol. The number of nitrogens with two attached hydrogens (primary N) is 1. The number of anilines is 2. The molecule has 3 unspecified atom stereocenters. The first kappa shape index (κ1) is 11.0. The van der Waals surface area contributed by atoms with Crippen molar-refractivity contribution in [3.8, 4) is 0 Å². The number of rotatable bonds is 2. The number of nitrogen functional groups attached to an aromatic ring is 1. The minimum atomic E-state index is 0.330. The van der Waals surface area contributed by atoms with Crippen LogP contribution in [0.1, 0.15) is 19.3 Å². The van der Waals surface area contributed by atoms with Crippen LogP contribution in [-0.4, -0.2) is 28.2 Å². The lowest BCUT2D eigenvalue weighted by molar-refractivity contribution is 0.102. The maximum atomic E-state index is 5.86. The molecule has 5 heteroatoms. The summed E-state index contributed by atoms with van der Waals surface area (Å²) in [4.78, 5) is 8.63. The Morgan fingerprint density at radius 2 is 2.21 bits per heavy atom. The summed E-state index contributed by atoms with van der Waals surface area (Å²) in [6.07, 6.45) is 5.76. The lowest BCUT2D eigenvalue weighted by Crippen LogP contribution is -2.30. The van der Waals surface area contributed by atoms with Gasteiger partial charge in [0.2, 0.25) is 0 Å². The highest BCUT2D eigenvalue weighted by Gasteiger charge is 2.40. The summed E-state index contributed by atoms with van der Waals surface area (Å²) < 4.78 is 5.86. The van der Waals surface area contributed by atoms with Crippen molar-refractivity contribution in [2.45, 2.75) is 37.5 Å². The minimum absolute atomic E-state index is 0.330. The van der Waals surface area contributed by atoms with Crippen LogP contribution in [0.2, 0.25) is 0 Å². The van der Waals surface area contributed by atoms with E-state index in [1.165, 1.54) is 6.42 Å². The smallest absolute Gasteiger partial charge is 0.137 e. The molecule has 0 spiro atoms. The summed E-state index contributed by atoms with van der Waals surface area (Å²) in [7, 11) is 0. The average Bonchev–Trinajstić information content (AvgIpc) is 3.02. The number of benzene rings is 1. The zero-order chi connectivity index (χ0) is 12.8. The molecule has 3 N–H and O–H groups in total. The lowest BCUT2D eigenvalue weighted by atomic mass is 9.95. The second-order valence-electron chi connectivity index (χ2n) is 5.36. The van der Waals surface area contributed by atoms with E-state index in [1.807, 2.05) is 18.2 Å². The Bertz CT molecular complexity index is 630. The van der Waals surface area contributed by atoms with E-state index in [0.717, 1.165) is 35.2 Å². The Morgan fingerprint density at radius 1 is 1.26 bits per heavy atom. The third-order valence-corrected chi connectivity index (χ3v) is 4.09. The van der Waals surface area contributed by atoms with E-state index in [1.54, 1.807) is 6.33 Å². The highest BCUT2D eigenvalue weighted by Crippen LogP contribution is 2.36. The summed E-state index contributed by atoms with van der Waals surface area (Å²) in [5, 5.41) is 4.49. The molecule has 2 saturated heterocycles. The minimum Gasteiger partial charge on any atom is -0.399 e. The van der Waals surface area contributed by atoms with Gasteiger partial charge in [-0.2, -0.15) is 0 Å². The molecule has 3 heterocycles. The van der Waals surface area contributed by atoms with Crippen LogP contribution < -0.4 is 11.1 Å². The van der Waals surface area contributed by atoms with Gasteiger partial charge >= 0.3 is 0 Å². The van der Waals surface area contributed by atoms with E-state index in [0.29, 0.717) is 18.2 Å². The van der Waals surface area contributed by atoms with Crippen molar-refractivity contribution < 1.29 is 4.74 Å². The Morgan fingerprint density at radius 3 is 3.00 bits per heavy atom. The molecule has 0 saturated carbocycles. The highest BCUT2D eigenvalue weighted by molar-refractivity contribution is 5.91. The fraction of sp³-hybridized carbons (Fsp3) is 0.429. The zero-order valence-electron chi connectivity index (χ0n) is 10.5. The quantitative estimate of drug-likeness (QED) is 0.803.